The summed E-state index contributed by atoms with van der Waals surface area (Å²) in [7, 11) is 0. The van der Waals surface area contributed by atoms with E-state index in [-0.39, 0.29) is 5.82 Å². The molecule has 2 N–H and O–H groups in total. The van der Waals surface area contributed by atoms with E-state index >= 15 is 0 Å². The zero-order chi connectivity index (χ0) is 16.2. The average molecular weight is 308 g/mol. The van der Waals surface area contributed by atoms with Crippen molar-refractivity contribution in [2.45, 2.75) is 64.5 Å². The molecule has 5 heteroatoms. The van der Waals surface area contributed by atoms with Gasteiger partial charge in [0.15, 0.2) is 0 Å². The summed E-state index contributed by atoms with van der Waals surface area (Å²) in [4.78, 5) is 11.9. The van der Waals surface area contributed by atoms with E-state index in [0.717, 1.165) is 12.8 Å². The predicted molar refractivity (Wildman–Crippen MR) is 86.8 cm³/mol. The van der Waals surface area contributed by atoms with Crippen LogP contribution in [0.2, 0.25) is 0 Å². The molecule has 1 amide bonds. The molecule has 0 unspecified atom stereocenters. The molecule has 0 aromatic heterocycles. The third-order valence-corrected chi connectivity index (χ3v) is 3.58. The maximum absolute atomic E-state index is 13.5. The van der Waals surface area contributed by atoms with E-state index in [0.29, 0.717) is 17.4 Å². The smallest absolute Gasteiger partial charge is 0.412 e. The first-order valence-electron chi connectivity index (χ1n) is 7.89. The van der Waals surface area contributed by atoms with E-state index in [4.69, 9.17) is 4.74 Å². The SMILES string of the molecule is CC(C)(C)OC(=O)Nc1ccc(F)cc1NC1CCCCC1. The Bertz CT molecular complexity index is 520. The van der Waals surface area contributed by atoms with Gasteiger partial charge in [-0.05, 0) is 51.8 Å². The number of amides is 1. The number of nitrogens with one attached hydrogen (secondary N) is 2. The first-order chi connectivity index (χ1) is 10.3. The van der Waals surface area contributed by atoms with E-state index in [1.54, 1.807) is 26.8 Å². The second kappa shape index (κ2) is 6.99. The van der Waals surface area contributed by atoms with E-state index < -0.39 is 11.7 Å². The summed E-state index contributed by atoms with van der Waals surface area (Å²) in [5.41, 5.74) is 0.583. The lowest BCUT2D eigenvalue weighted by Gasteiger charge is -2.26. The highest BCUT2D eigenvalue weighted by Gasteiger charge is 2.19. The van der Waals surface area contributed by atoms with Crippen LogP contribution in [-0.4, -0.2) is 17.7 Å². The standard InChI is InChI=1S/C17H25FN2O2/c1-17(2,3)22-16(21)20-14-10-9-12(18)11-15(14)19-13-7-5-4-6-8-13/h9-11,13,19H,4-8H2,1-3H3,(H,20,21). The van der Waals surface area contributed by atoms with E-state index in [9.17, 15) is 9.18 Å². The molecule has 0 bridgehead atoms. The van der Waals surface area contributed by atoms with Crippen LogP contribution in [0.5, 0.6) is 0 Å². The fourth-order valence-corrected chi connectivity index (χ4v) is 2.63. The van der Waals surface area contributed by atoms with Crippen molar-refractivity contribution in [1.82, 2.24) is 0 Å². The fourth-order valence-electron chi connectivity index (χ4n) is 2.63. The van der Waals surface area contributed by atoms with Crippen LogP contribution in [0.1, 0.15) is 52.9 Å². The van der Waals surface area contributed by atoms with Crippen molar-refractivity contribution in [3.63, 3.8) is 0 Å². The molecule has 1 aliphatic carbocycles. The maximum atomic E-state index is 13.5. The highest BCUT2D eigenvalue weighted by atomic mass is 19.1. The Morgan fingerprint density at radius 2 is 1.86 bits per heavy atom. The molecular weight excluding hydrogens is 283 g/mol. The number of carbonyl (C=O) groups is 1. The van der Waals surface area contributed by atoms with Gasteiger partial charge in [-0.2, -0.15) is 0 Å². The van der Waals surface area contributed by atoms with Gasteiger partial charge in [0, 0.05) is 6.04 Å². The molecule has 4 nitrogen and oxygen atoms in total. The van der Waals surface area contributed by atoms with Crippen molar-refractivity contribution in [1.29, 1.82) is 0 Å². The predicted octanol–water partition coefficient (Wildman–Crippen LogP) is 4.92. The number of ether oxygens (including phenoxy) is 1. The van der Waals surface area contributed by atoms with Crippen LogP contribution in [0.3, 0.4) is 0 Å². The van der Waals surface area contributed by atoms with Crippen LogP contribution in [0.25, 0.3) is 0 Å². The van der Waals surface area contributed by atoms with Gasteiger partial charge < -0.3 is 10.1 Å². The number of rotatable bonds is 3. The number of hydrogen-bond donors (Lipinski definition) is 2. The lowest BCUT2D eigenvalue weighted by atomic mass is 9.95. The molecule has 0 radical (unpaired) electrons. The second-order valence-electron chi connectivity index (χ2n) is 6.80. The summed E-state index contributed by atoms with van der Waals surface area (Å²) in [6, 6.07) is 4.64. The summed E-state index contributed by atoms with van der Waals surface area (Å²) < 4.78 is 18.8. The maximum Gasteiger partial charge on any atom is 0.412 e. The van der Waals surface area contributed by atoms with Gasteiger partial charge in [0.1, 0.15) is 11.4 Å². The van der Waals surface area contributed by atoms with Gasteiger partial charge in [0.2, 0.25) is 0 Å². The van der Waals surface area contributed by atoms with Crippen LogP contribution >= 0.6 is 0 Å². The number of carbonyl (C=O) groups excluding carboxylic acids is 1. The summed E-state index contributed by atoms with van der Waals surface area (Å²) in [6.07, 6.45) is 5.23. The van der Waals surface area contributed by atoms with Gasteiger partial charge in [-0.1, -0.05) is 19.3 Å². The minimum Gasteiger partial charge on any atom is -0.444 e. The molecule has 1 aromatic rings. The highest BCUT2D eigenvalue weighted by Crippen LogP contribution is 2.28. The third-order valence-electron chi connectivity index (χ3n) is 3.58. The summed E-state index contributed by atoms with van der Waals surface area (Å²) in [5.74, 6) is -0.326. The Hall–Kier alpha value is -1.78. The molecule has 1 aromatic carbocycles. The molecule has 1 aliphatic rings. The van der Waals surface area contributed by atoms with Crippen LogP contribution < -0.4 is 10.6 Å². The first kappa shape index (κ1) is 16.6. The Morgan fingerprint density at radius 1 is 1.18 bits per heavy atom. The number of benzene rings is 1. The van der Waals surface area contributed by atoms with Crippen molar-refractivity contribution >= 4 is 17.5 Å². The van der Waals surface area contributed by atoms with Crippen molar-refractivity contribution in [2.75, 3.05) is 10.6 Å². The minimum absolute atomic E-state index is 0.326. The molecule has 0 saturated heterocycles. The van der Waals surface area contributed by atoms with Crippen molar-refractivity contribution in [2.24, 2.45) is 0 Å². The van der Waals surface area contributed by atoms with Crippen LogP contribution in [-0.2, 0) is 4.74 Å². The lowest BCUT2D eigenvalue weighted by Crippen LogP contribution is -2.28. The Morgan fingerprint density at radius 3 is 2.50 bits per heavy atom. The highest BCUT2D eigenvalue weighted by molar-refractivity contribution is 5.89. The molecular formula is C17H25FN2O2. The van der Waals surface area contributed by atoms with Gasteiger partial charge in [0.05, 0.1) is 11.4 Å². The molecule has 0 spiro atoms. The number of anilines is 2. The van der Waals surface area contributed by atoms with E-state index in [1.807, 2.05) is 0 Å². The molecule has 122 valence electrons. The molecule has 22 heavy (non-hydrogen) atoms. The molecule has 1 fully saturated rings. The monoisotopic (exact) mass is 308 g/mol. The summed E-state index contributed by atoms with van der Waals surface area (Å²) in [5, 5.41) is 6.04. The molecule has 0 heterocycles. The van der Waals surface area contributed by atoms with Gasteiger partial charge in [-0.3, -0.25) is 5.32 Å². The molecule has 0 aliphatic heterocycles. The van der Waals surface area contributed by atoms with Crippen LogP contribution in [0.4, 0.5) is 20.6 Å². The van der Waals surface area contributed by atoms with E-state index in [2.05, 4.69) is 10.6 Å². The minimum atomic E-state index is -0.568. The van der Waals surface area contributed by atoms with Crippen molar-refractivity contribution in [3.05, 3.63) is 24.0 Å². The average Bonchev–Trinajstić information content (AvgIpc) is 2.41. The topological polar surface area (TPSA) is 50.4 Å². The quantitative estimate of drug-likeness (QED) is 0.833. The molecule has 1 saturated carbocycles. The first-order valence-corrected chi connectivity index (χ1v) is 7.89. The van der Waals surface area contributed by atoms with Crippen LogP contribution in [0.15, 0.2) is 18.2 Å². The summed E-state index contributed by atoms with van der Waals surface area (Å²) in [6.45, 7) is 5.41. The number of halogens is 1. The Balaban J connectivity index is 2.08. The Kier molecular flexibility index (Phi) is 5.27. The largest absolute Gasteiger partial charge is 0.444 e. The van der Waals surface area contributed by atoms with Gasteiger partial charge in [0.25, 0.3) is 0 Å². The zero-order valence-electron chi connectivity index (χ0n) is 13.5. The van der Waals surface area contributed by atoms with Gasteiger partial charge in [-0.25, -0.2) is 9.18 Å². The van der Waals surface area contributed by atoms with Gasteiger partial charge in [-0.15, -0.1) is 0 Å². The van der Waals surface area contributed by atoms with Gasteiger partial charge >= 0.3 is 6.09 Å². The molecule has 0 atom stereocenters. The van der Waals surface area contributed by atoms with Crippen molar-refractivity contribution in [3.8, 4) is 0 Å². The van der Waals surface area contributed by atoms with Crippen LogP contribution in [0, 0.1) is 5.82 Å². The molecule has 2 rings (SSSR count). The fraction of sp³-hybridized carbons (Fsp3) is 0.588. The lowest BCUT2D eigenvalue weighted by molar-refractivity contribution is 0.0636. The second-order valence-corrected chi connectivity index (χ2v) is 6.80. The summed E-state index contributed by atoms with van der Waals surface area (Å²) >= 11 is 0. The Labute approximate surface area is 131 Å². The zero-order valence-corrected chi connectivity index (χ0v) is 13.5. The normalized spacial score (nSPS) is 16.2. The third kappa shape index (κ3) is 5.20. The van der Waals surface area contributed by atoms with E-state index in [1.165, 1.54) is 31.4 Å². The van der Waals surface area contributed by atoms with Crippen molar-refractivity contribution < 1.29 is 13.9 Å². The number of hydrogen-bond acceptors (Lipinski definition) is 3.